The van der Waals surface area contributed by atoms with E-state index < -0.39 is 0 Å². The number of benzene rings is 1. The van der Waals surface area contributed by atoms with Gasteiger partial charge >= 0.3 is 0 Å². The van der Waals surface area contributed by atoms with Crippen molar-refractivity contribution in [2.75, 3.05) is 0 Å². The number of nitrogens with one attached hydrogen (secondary N) is 1. The van der Waals surface area contributed by atoms with E-state index in [1.54, 1.807) is 6.08 Å². The number of carbonyl (C=O) groups excluding carboxylic acids is 1. The summed E-state index contributed by atoms with van der Waals surface area (Å²) < 4.78 is 0. The molecule has 1 aliphatic carbocycles. The molecule has 0 atom stereocenters. The number of nitrogens with zero attached hydrogens (tertiary/aromatic N) is 1. The van der Waals surface area contributed by atoms with Crippen LogP contribution in [0.2, 0.25) is 0 Å². The lowest BCUT2D eigenvalue weighted by Gasteiger charge is -2.01. The minimum atomic E-state index is -0.270. The van der Waals surface area contributed by atoms with Gasteiger partial charge in [-0.3, -0.25) is 4.79 Å². The molecule has 0 spiro atoms. The molecule has 0 bridgehead atoms. The van der Waals surface area contributed by atoms with Gasteiger partial charge < -0.3 is 5.32 Å². The summed E-state index contributed by atoms with van der Waals surface area (Å²) >= 11 is 0. The van der Waals surface area contributed by atoms with E-state index in [2.05, 4.69) is 5.32 Å². The Morgan fingerprint density at radius 1 is 1.38 bits per heavy atom. The molecule has 0 saturated heterocycles. The van der Waals surface area contributed by atoms with Crippen LogP contribution >= 0.6 is 0 Å². The second kappa shape index (κ2) is 4.63. The molecule has 0 radical (unpaired) electrons. The highest BCUT2D eigenvalue weighted by atomic mass is 16.1. The van der Waals surface area contributed by atoms with Gasteiger partial charge in [-0.2, -0.15) is 5.26 Å². The zero-order chi connectivity index (χ0) is 11.4. The van der Waals surface area contributed by atoms with Crippen LogP contribution in [0.25, 0.3) is 6.08 Å². The summed E-state index contributed by atoms with van der Waals surface area (Å²) in [7, 11) is 0. The first-order chi connectivity index (χ1) is 7.79. The second-order valence-corrected chi connectivity index (χ2v) is 3.83. The average Bonchev–Trinajstić information content (AvgIpc) is 3.11. The lowest BCUT2D eigenvalue weighted by Crippen LogP contribution is -2.26. The maximum absolute atomic E-state index is 11.6. The van der Waals surface area contributed by atoms with E-state index in [-0.39, 0.29) is 17.5 Å². The fraction of sp³-hybridized carbons (Fsp3) is 0.231. The fourth-order valence-electron chi connectivity index (χ4n) is 1.36. The number of carbonyl (C=O) groups is 1. The predicted octanol–water partition coefficient (Wildman–Crippen LogP) is 1.87. The van der Waals surface area contributed by atoms with Crippen molar-refractivity contribution in [1.82, 2.24) is 5.32 Å². The van der Waals surface area contributed by atoms with Gasteiger partial charge in [0, 0.05) is 6.04 Å². The highest BCUT2D eigenvalue weighted by Crippen LogP contribution is 2.19. The summed E-state index contributed by atoms with van der Waals surface area (Å²) in [4.78, 5) is 11.6. The molecule has 1 aromatic rings. The predicted molar refractivity (Wildman–Crippen MR) is 61.2 cm³/mol. The molecule has 1 fully saturated rings. The molecule has 1 N–H and O–H groups in total. The van der Waals surface area contributed by atoms with Crippen molar-refractivity contribution in [3.05, 3.63) is 41.5 Å². The third kappa shape index (κ3) is 2.71. The minimum absolute atomic E-state index is 0.165. The molecule has 1 amide bonds. The van der Waals surface area contributed by atoms with Gasteiger partial charge in [0.15, 0.2) is 0 Å². The summed E-state index contributed by atoms with van der Waals surface area (Å²) in [6, 6.07) is 11.6. The first kappa shape index (κ1) is 10.4. The summed E-state index contributed by atoms with van der Waals surface area (Å²) in [5, 5.41) is 11.7. The molecule has 0 unspecified atom stereocenters. The molecule has 16 heavy (non-hydrogen) atoms. The molecule has 0 heterocycles. The third-order valence-electron chi connectivity index (χ3n) is 2.39. The summed E-state index contributed by atoms with van der Waals surface area (Å²) in [5.41, 5.74) is 1.03. The highest BCUT2D eigenvalue weighted by Gasteiger charge is 2.24. The van der Waals surface area contributed by atoms with Crippen molar-refractivity contribution in [2.45, 2.75) is 18.9 Å². The van der Waals surface area contributed by atoms with Crippen LogP contribution in [0, 0.1) is 11.3 Å². The number of amides is 1. The van der Waals surface area contributed by atoms with Gasteiger partial charge in [-0.25, -0.2) is 0 Å². The standard InChI is InChI=1S/C13H12N2O/c14-9-11(13(16)15-12-6-7-12)8-10-4-2-1-3-5-10/h1-5,8,12H,6-7H2,(H,15,16). The van der Waals surface area contributed by atoms with Crippen molar-refractivity contribution in [3.63, 3.8) is 0 Å². The number of hydrogen-bond acceptors (Lipinski definition) is 2. The SMILES string of the molecule is N#CC(=Cc1ccccc1)C(=O)NC1CC1. The van der Waals surface area contributed by atoms with Gasteiger partial charge in [-0.05, 0) is 24.5 Å². The van der Waals surface area contributed by atoms with Crippen LogP contribution in [0.15, 0.2) is 35.9 Å². The molecule has 80 valence electrons. The van der Waals surface area contributed by atoms with Crippen molar-refractivity contribution in [2.24, 2.45) is 0 Å². The third-order valence-corrected chi connectivity index (χ3v) is 2.39. The van der Waals surface area contributed by atoms with Crippen LogP contribution in [-0.4, -0.2) is 11.9 Å². The maximum Gasteiger partial charge on any atom is 0.262 e. The van der Waals surface area contributed by atoms with Gasteiger partial charge in [-0.1, -0.05) is 30.3 Å². The van der Waals surface area contributed by atoms with Crippen molar-refractivity contribution < 1.29 is 4.79 Å². The molecule has 1 aliphatic rings. The van der Waals surface area contributed by atoms with Gasteiger partial charge in [0.05, 0.1) is 0 Å². The van der Waals surface area contributed by atoms with Gasteiger partial charge in [0.2, 0.25) is 0 Å². The Hall–Kier alpha value is -2.08. The zero-order valence-electron chi connectivity index (χ0n) is 8.81. The Labute approximate surface area is 94.4 Å². The monoisotopic (exact) mass is 212 g/mol. The first-order valence-corrected chi connectivity index (χ1v) is 5.27. The van der Waals surface area contributed by atoms with Crippen molar-refractivity contribution in [3.8, 4) is 6.07 Å². The molecule has 3 heteroatoms. The maximum atomic E-state index is 11.6. The normalized spacial score (nSPS) is 15.3. The topological polar surface area (TPSA) is 52.9 Å². The van der Waals surface area contributed by atoms with Gasteiger partial charge in [0.25, 0.3) is 5.91 Å². The molecular weight excluding hydrogens is 200 g/mol. The van der Waals surface area contributed by atoms with E-state index in [0.29, 0.717) is 0 Å². The van der Waals surface area contributed by atoms with Crippen LogP contribution in [0.5, 0.6) is 0 Å². The van der Waals surface area contributed by atoms with Crippen LogP contribution in [-0.2, 0) is 4.79 Å². The molecule has 2 rings (SSSR count). The van der Waals surface area contributed by atoms with Crippen molar-refractivity contribution in [1.29, 1.82) is 5.26 Å². The Kier molecular flexibility index (Phi) is 3.02. The van der Waals surface area contributed by atoms with E-state index >= 15 is 0 Å². The smallest absolute Gasteiger partial charge is 0.262 e. The van der Waals surface area contributed by atoms with E-state index in [9.17, 15) is 4.79 Å². The Morgan fingerprint density at radius 2 is 2.06 bits per heavy atom. The number of rotatable bonds is 3. The van der Waals surface area contributed by atoms with Crippen LogP contribution < -0.4 is 5.32 Å². The molecule has 3 nitrogen and oxygen atoms in total. The average molecular weight is 212 g/mol. The summed E-state index contributed by atoms with van der Waals surface area (Å²) in [5.74, 6) is -0.270. The molecule has 1 aromatic carbocycles. The molecule has 0 aromatic heterocycles. The summed E-state index contributed by atoms with van der Waals surface area (Å²) in [6.07, 6.45) is 3.66. The van der Waals surface area contributed by atoms with Crippen molar-refractivity contribution >= 4 is 12.0 Å². The summed E-state index contributed by atoms with van der Waals surface area (Å²) in [6.45, 7) is 0. The Bertz CT molecular complexity index is 453. The lowest BCUT2D eigenvalue weighted by molar-refractivity contribution is -0.117. The molecule has 1 saturated carbocycles. The van der Waals surface area contributed by atoms with Gasteiger partial charge in [-0.15, -0.1) is 0 Å². The van der Waals surface area contributed by atoms with E-state index in [4.69, 9.17) is 5.26 Å². The zero-order valence-corrected chi connectivity index (χ0v) is 8.81. The highest BCUT2D eigenvalue weighted by molar-refractivity contribution is 6.01. The Morgan fingerprint density at radius 3 is 2.62 bits per heavy atom. The molecular formula is C13H12N2O. The molecule has 0 aliphatic heterocycles. The lowest BCUT2D eigenvalue weighted by atomic mass is 10.1. The Balaban J connectivity index is 2.12. The number of nitriles is 1. The second-order valence-electron chi connectivity index (χ2n) is 3.83. The fourth-order valence-corrected chi connectivity index (χ4v) is 1.36. The van der Waals surface area contributed by atoms with E-state index in [1.807, 2.05) is 36.4 Å². The minimum Gasteiger partial charge on any atom is -0.349 e. The van der Waals surface area contributed by atoms with Crippen LogP contribution in [0.3, 0.4) is 0 Å². The quantitative estimate of drug-likeness (QED) is 0.614. The van der Waals surface area contributed by atoms with Gasteiger partial charge in [0.1, 0.15) is 11.6 Å². The largest absolute Gasteiger partial charge is 0.349 e. The van der Waals surface area contributed by atoms with E-state index in [0.717, 1.165) is 18.4 Å². The number of hydrogen-bond donors (Lipinski definition) is 1. The van der Waals surface area contributed by atoms with Crippen LogP contribution in [0.4, 0.5) is 0 Å². The van der Waals surface area contributed by atoms with E-state index in [1.165, 1.54) is 0 Å². The van der Waals surface area contributed by atoms with Crippen LogP contribution in [0.1, 0.15) is 18.4 Å². The first-order valence-electron chi connectivity index (χ1n) is 5.27.